The average molecular weight is 458 g/mol. The van der Waals surface area contributed by atoms with Gasteiger partial charge in [0, 0.05) is 20.1 Å². The van der Waals surface area contributed by atoms with E-state index >= 15 is 0 Å². The molecule has 0 amide bonds. The Balaban J connectivity index is 0.00000288. The Hall–Kier alpha value is -1.12. The Morgan fingerprint density at radius 1 is 1.17 bits per heavy atom. The van der Waals surface area contributed by atoms with Gasteiger partial charge in [-0.05, 0) is 49.0 Å². The van der Waals surface area contributed by atoms with Crippen molar-refractivity contribution >= 4 is 41.3 Å². The van der Waals surface area contributed by atoms with E-state index in [4.69, 9.17) is 0 Å². The summed E-state index contributed by atoms with van der Waals surface area (Å²) < 4.78 is 0. The van der Waals surface area contributed by atoms with E-state index in [0.717, 1.165) is 19.0 Å². The third-order valence-corrected chi connectivity index (χ3v) is 4.54. The van der Waals surface area contributed by atoms with Crippen LogP contribution in [-0.4, -0.2) is 38.5 Å². The third kappa shape index (κ3) is 6.41. The molecule has 2 aromatic rings. The smallest absolute Gasteiger partial charge is 0.191 e. The quantitative estimate of drug-likeness (QED) is 0.395. The highest BCUT2D eigenvalue weighted by molar-refractivity contribution is 14.0. The van der Waals surface area contributed by atoms with Crippen LogP contribution in [0.25, 0.3) is 0 Å². The van der Waals surface area contributed by atoms with Crippen LogP contribution in [0.5, 0.6) is 0 Å². The van der Waals surface area contributed by atoms with Gasteiger partial charge in [-0.3, -0.25) is 4.99 Å². The van der Waals surface area contributed by atoms with E-state index in [1.807, 2.05) is 0 Å². The minimum Gasteiger partial charge on any atom is -0.354 e. The van der Waals surface area contributed by atoms with Crippen molar-refractivity contribution in [3.8, 4) is 0 Å². The summed E-state index contributed by atoms with van der Waals surface area (Å²) in [6, 6.07) is 11.1. The second-order valence-electron chi connectivity index (χ2n) is 5.83. The molecule has 0 aliphatic rings. The highest BCUT2D eigenvalue weighted by Crippen LogP contribution is 2.17. The fourth-order valence-electron chi connectivity index (χ4n) is 2.38. The Labute approximate surface area is 166 Å². The summed E-state index contributed by atoms with van der Waals surface area (Å²) in [6.07, 6.45) is 0. The fourth-order valence-corrected chi connectivity index (χ4v) is 3.05. The van der Waals surface area contributed by atoms with Gasteiger partial charge in [-0.1, -0.05) is 29.8 Å². The fraction of sp³-hybridized carbons (Fsp3) is 0.389. The highest BCUT2D eigenvalue weighted by Gasteiger charge is 2.14. The summed E-state index contributed by atoms with van der Waals surface area (Å²) in [4.78, 5) is 6.53. The normalized spacial score (nSPS) is 12.6. The molecular formula is C18H27IN4S. The molecule has 1 heterocycles. The van der Waals surface area contributed by atoms with Crippen molar-refractivity contribution in [2.75, 3.05) is 27.7 Å². The number of hydrogen-bond donors (Lipinski definition) is 2. The van der Waals surface area contributed by atoms with Crippen LogP contribution in [0, 0.1) is 6.92 Å². The molecule has 0 aliphatic heterocycles. The second kappa shape index (κ2) is 10.7. The van der Waals surface area contributed by atoms with Crippen molar-refractivity contribution in [1.82, 2.24) is 15.5 Å². The van der Waals surface area contributed by atoms with Gasteiger partial charge in [0.05, 0.1) is 6.04 Å². The van der Waals surface area contributed by atoms with E-state index in [2.05, 4.69) is 82.6 Å². The van der Waals surface area contributed by atoms with E-state index in [1.54, 1.807) is 18.4 Å². The summed E-state index contributed by atoms with van der Waals surface area (Å²) in [7, 11) is 6.01. The van der Waals surface area contributed by atoms with E-state index in [-0.39, 0.29) is 24.0 Å². The maximum absolute atomic E-state index is 4.31. The van der Waals surface area contributed by atoms with Crippen LogP contribution < -0.4 is 10.6 Å². The molecule has 0 bridgehead atoms. The van der Waals surface area contributed by atoms with Crippen molar-refractivity contribution in [3.63, 3.8) is 0 Å². The maximum Gasteiger partial charge on any atom is 0.191 e. The van der Waals surface area contributed by atoms with Gasteiger partial charge >= 0.3 is 0 Å². The zero-order valence-electron chi connectivity index (χ0n) is 14.7. The van der Waals surface area contributed by atoms with Crippen LogP contribution in [0.4, 0.5) is 0 Å². The molecular weight excluding hydrogens is 431 g/mol. The molecule has 0 saturated carbocycles. The molecule has 6 heteroatoms. The van der Waals surface area contributed by atoms with Gasteiger partial charge in [0.15, 0.2) is 5.96 Å². The Morgan fingerprint density at radius 2 is 1.88 bits per heavy atom. The predicted octanol–water partition coefficient (Wildman–Crippen LogP) is 3.64. The molecule has 132 valence electrons. The largest absolute Gasteiger partial charge is 0.354 e. The number of halogens is 1. The van der Waals surface area contributed by atoms with E-state index in [9.17, 15) is 0 Å². The zero-order chi connectivity index (χ0) is 16.7. The maximum atomic E-state index is 4.31. The third-order valence-electron chi connectivity index (χ3n) is 3.81. The number of likely N-dealkylation sites (N-methyl/N-ethyl adjacent to an activating group) is 1. The highest BCUT2D eigenvalue weighted by atomic mass is 127. The SMILES string of the molecule is CN=C(NCc1ccsc1)NCC(c1ccc(C)cc1)N(C)C.I. The van der Waals surface area contributed by atoms with Crippen LogP contribution in [0.1, 0.15) is 22.7 Å². The van der Waals surface area contributed by atoms with Crippen molar-refractivity contribution < 1.29 is 0 Å². The number of guanidine groups is 1. The number of benzene rings is 1. The van der Waals surface area contributed by atoms with Crippen LogP contribution >= 0.6 is 35.3 Å². The molecule has 1 unspecified atom stereocenters. The predicted molar refractivity (Wildman–Crippen MR) is 116 cm³/mol. The first kappa shape index (κ1) is 20.9. The minimum absolute atomic E-state index is 0. The van der Waals surface area contributed by atoms with Gasteiger partial charge in [-0.25, -0.2) is 0 Å². The van der Waals surface area contributed by atoms with Gasteiger partial charge in [0.1, 0.15) is 0 Å². The topological polar surface area (TPSA) is 39.7 Å². The molecule has 4 nitrogen and oxygen atoms in total. The van der Waals surface area contributed by atoms with Crippen LogP contribution in [0.3, 0.4) is 0 Å². The zero-order valence-corrected chi connectivity index (χ0v) is 17.9. The lowest BCUT2D eigenvalue weighted by Gasteiger charge is -2.26. The number of thiophene rings is 1. The summed E-state index contributed by atoms with van der Waals surface area (Å²) in [5.74, 6) is 0.829. The Bertz CT molecular complexity index is 608. The van der Waals surface area contributed by atoms with Crippen LogP contribution in [0.15, 0.2) is 46.1 Å². The van der Waals surface area contributed by atoms with E-state index in [1.165, 1.54) is 16.7 Å². The molecule has 1 aromatic carbocycles. The van der Waals surface area contributed by atoms with Crippen molar-refractivity contribution in [1.29, 1.82) is 0 Å². The number of nitrogens with one attached hydrogen (secondary N) is 2. The average Bonchev–Trinajstić information content (AvgIpc) is 3.05. The molecule has 0 saturated heterocycles. The molecule has 0 fully saturated rings. The summed E-state index contributed by atoms with van der Waals surface area (Å²) in [6.45, 7) is 3.71. The number of nitrogens with zero attached hydrogens (tertiary/aromatic N) is 2. The van der Waals surface area contributed by atoms with Crippen LogP contribution in [0.2, 0.25) is 0 Å². The number of rotatable bonds is 6. The summed E-state index contributed by atoms with van der Waals surface area (Å²) >= 11 is 1.71. The molecule has 24 heavy (non-hydrogen) atoms. The first-order chi connectivity index (χ1) is 11.1. The van der Waals surface area contributed by atoms with Gasteiger partial charge in [0.25, 0.3) is 0 Å². The molecule has 0 aliphatic carbocycles. The lowest BCUT2D eigenvalue weighted by atomic mass is 10.0. The Kier molecular flexibility index (Phi) is 9.31. The van der Waals surface area contributed by atoms with Crippen molar-refractivity contribution in [2.45, 2.75) is 19.5 Å². The molecule has 0 radical (unpaired) electrons. The second-order valence-corrected chi connectivity index (χ2v) is 6.61. The van der Waals surface area contributed by atoms with Gasteiger partial charge < -0.3 is 15.5 Å². The molecule has 2 rings (SSSR count). The lowest BCUT2D eigenvalue weighted by molar-refractivity contribution is 0.298. The van der Waals surface area contributed by atoms with Crippen molar-refractivity contribution in [3.05, 3.63) is 57.8 Å². The first-order valence-electron chi connectivity index (χ1n) is 7.78. The van der Waals surface area contributed by atoms with Crippen LogP contribution in [-0.2, 0) is 6.54 Å². The monoisotopic (exact) mass is 458 g/mol. The summed E-state index contributed by atoms with van der Waals surface area (Å²) in [5.41, 5.74) is 3.87. The first-order valence-corrected chi connectivity index (χ1v) is 8.73. The van der Waals surface area contributed by atoms with Gasteiger partial charge in [-0.15, -0.1) is 24.0 Å². The summed E-state index contributed by atoms with van der Waals surface area (Å²) in [5, 5.41) is 11.0. The lowest BCUT2D eigenvalue weighted by Crippen LogP contribution is -2.41. The van der Waals surface area contributed by atoms with Gasteiger partial charge in [-0.2, -0.15) is 11.3 Å². The van der Waals surface area contributed by atoms with E-state index in [0.29, 0.717) is 6.04 Å². The number of aliphatic imine (C=N–C) groups is 1. The van der Waals surface area contributed by atoms with E-state index < -0.39 is 0 Å². The number of hydrogen-bond acceptors (Lipinski definition) is 3. The van der Waals surface area contributed by atoms with Gasteiger partial charge in [0.2, 0.25) is 0 Å². The number of aryl methyl sites for hydroxylation is 1. The molecule has 2 N–H and O–H groups in total. The standard InChI is InChI=1S/C18H26N4S.HI/c1-14-5-7-16(8-6-14)17(22(3)4)12-21-18(19-2)20-11-15-9-10-23-13-15;/h5-10,13,17H,11-12H2,1-4H3,(H2,19,20,21);1H. The minimum atomic E-state index is 0. The Morgan fingerprint density at radius 3 is 2.42 bits per heavy atom. The van der Waals surface area contributed by atoms with Crippen molar-refractivity contribution in [2.24, 2.45) is 4.99 Å². The molecule has 1 aromatic heterocycles. The molecule has 0 spiro atoms. The molecule has 1 atom stereocenters.